The lowest BCUT2D eigenvalue weighted by atomic mass is 10.0. The minimum atomic E-state index is -0.528. The molecule has 0 spiro atoms. The van der Waals surface area contributed by atoms with Crippen molar-refractivity contribution in [2.75, 3.05) is 20.7 Å². The van der Waals surface area contributed by atoms with Crippen molar-refractivity contribution in [1.29, 1.82) is 5.26 Å². The molecule has 4 heteroatoms. The van der Waals surface area contributed by atoms with Gasteiger partial charge in [0.25, 0.3) is 0 Å². The van der Waals surface area contributed by atoms with Gasteiger partial charge in [0.05, 0.1) is 18.3 Å². The summed E-state index contributed by atoms with van der Waals surface area (Å²) in [7, 11) is 3.57. The molecule has 20 heavy (non-hydrogen) atoms. The summed E-state index contributed by atoms with van der Waals surface area (Å²) >= 11 is 0. The van der Waals surface area contributed by atoms with Gasteiger partial charge in [-0.3, -0.25) is 4.90 Å². The van der Waals surface area contributed by atoms with Crippen LogP contribution in [-0.2, 0) is 6.54 Å². The highest BCUT2D eigenvalue weighted by atomic mass is 16.5. The number of aliphatic hydroxyl groups is 1. The van der Waals surface area contributed by atoms with Crippen LogP contribution in [0.5, 0.6) is 5.75 Å². The van der Waals surface area contributed by atoms with Gasteiger partial charge in [-0.2, -0.15) is 5.26 Å². The summed E-state index contributed by atoms with van der Waals surface area (Å²) in [5.41, 5.74) is 1.09. The number of rotatable bonds is 5. The second-order valence-corrected chi connectivity index (χ2v) is 5.75. The van der Waals surface area contributed by atoms with Crippen LogP contribution in [0.4, 0.5) is 0 Å². The maximum atomic E-state index is 10.4. The Morgan fingerprint density at radius 2 is 2.10 bits per heavy atom. The first kappa shape index (κ1) is 14.8. The Balaban J connectivity index is 2.01. The molecule has 0 heterocycles. The van der Waals surface area contributed by atoms with Crippen LogP contribution in [0.1, 0.15) is 36.8 Å². The minimum absolute atomic E-state index is 0.528. The molecule has 1 N–H and O–H groups in total. The number of nitrogens with zero attached hydrogens (tertiary/aromatic N) is 2. The van der Waals surface area contributed by atoms with Gasteiger partial charge in [-0.15, -0.1) is 0 Å². The number of likely N-dealkylation sites (N-methyl/N-ethyl adjacent to an activating group) is 1. The lowest BCUT2D eigenvalue weighted by molar-refractivity contribution is 0.0145. The average molecular weight is 274 g/mol. The van der Waals surface area contributed by atoms with E-state index in [9.17, 15) is 5.11 Å². The Morgan fingerprint density at radius 1 is 1.40 bits per heavy atom. The van der Waals surface area contributed by atoms with Crippen molar-refractivity contribution in [3.8, 4) is 11.8 Å². The first-order valence-corrected chi connectivity index (χ1v) is 7.04. The van der Waals surface area contributed by atoms with E-state index in [-0.39, 0.29) is 0 Å². The number of ether oxygens (including phenoxy) is 1. The number of nitriles is 1. The largest absolute Gasteiger partial charge is 0.495 e. The number of benzene rings is 1. The molecule has 0 atom stereocenters. The average Bonchev–Trinajstić information content (AvgIpc) is 2.84. The zero-order valence-corrected chi connectivity index (χ0v) is 12.2. The lowest BCUT2D eigenvalue weighted by Crippen LogP contribution is -2.38. The first-order valence-electron chi connectivity index (χ1n) is 7.04. The maximum absolute atomic E-state index is 10.4. The van der Waals surface area contributed by atoms with Gasteiger partial charge in [0, 0.05) is 13.1 Å². The Bertz CT molecular complexity index is 502. The summed E-state index contributed by atoms with van der Waals surface area (Å²) in [4.78, 5) is 2.12. The maximum Gasteiger partial charge on any atom is 0.136 e. The molecule has 0 aliphatic heterocycles. The fraction of sp³-hybridized carbons (Fsp3) is 0.562. The third-order valence-electron chi connectivity index (χ3n) is 3.94. The van der Waals surface area contributed by atoms with Crippen LogP contribution in [0, 0.1) is 11.3 Å². The van der Waals surface area contributed by atoms with Crippen molar-refractivity contribution in [2.45, 2.75) is 37.8 Å². The highest BCUT2D eigenvalue weighted by Crippen LogP contribution is 2.30. The van der Waals surface area contributed by atoms with Gasteiger partial charge >= 0.3 is 0 Å². The van der Waals surface area contributed by atoms with Crippen LogP contribution in [-0.4, -0.2) is 36.3 Å². The van der Waals surface area contributed by atoms with E-state index in [1.165, 1.54) is 0 Å². The predicted octanol–water partition coefficient (Wildman–Crippen LogP) is 2.30. The van der Waals surface area contributed by atoms with Crippen molar-refractivity contribution in [1.82, 2.24) is 4.90 Å². The SMILES string of the molecule is COc1ccc(CN(C)CC2(O)CCCC2)cc1C#N. The normalized spacial score (nSPS) is 17.1. The molecule has 0 aromatic heterocycles. The molecule has 1 aliphatic rings. The fourth-order valence-corrected chi connectivity index (χ4v) is 3.00. The predicted molar refractivity (Wildman–Crippen MR) is 77.5 cm³/mol. The van der Waals surface area contributed by atoms with Gasteiger partial charge < -0.3 is 9.84 Å². The molecule has 0 saturated heterocycles. The molecule has 2 rings (SSSR count). The molecule has 1 saturated carbocycles. The van der Waals surface area contributed by atoms with Crippen LogP contribution in [0.25, 0.3) is 0 Å². The van der Waals surface area contributed by atoms with E-state index >= 15 is 0 Å². The smallest absolute Gasteiger partial charge is 0.136 e. The molecule has 1 aromatic carbocycles. The van der Waals surface area contributed by atoms with E-state index in [2.05, 4.69) is 11.0 Å². The highest BCUT2D eigenvalue weighted by molar-refractivity contribution is 5.45. The van der Waals surface area contributed by atoms with E-state index in [4.69, 9.17) is 10.00 Å². The van der Waals surface area contributed by atoms with E-state index in [1.807, 2.05) is 25.2 Å². The van der Waals surface area contributed by atoms with Crippen LogP contribution in [0.15, 0.2) is 18.2 Å². The van der Waals surface area contributed by atoms with E-state index in [0.717, 1.165) is 37.8 Å². The third-order valence-corrected chi connectivity index (χ3v) is 3.94. The number of hydrogen-bond donors (Lipinski definition) is 1. The van der Waals surface area contributed by atoms with Crippen LogP contribution >= 0.6 is 0 Å². The van der Waals surface area contributed by atoms with Crippen molar-refractivity contribution in [3.63, 3.8) is 0 Å². The van der Waals surface area contributed by atoms with Crippen molar-refractivity contribution < 1.29 is 9.84 Å². The number of hydrogen-bond acceptors (Lipinski definition) is 4. The standard InChI is InChI=1S/C16H22N2O2/c1-18(12-16(19)7-3-4-8-16)11-13-5-6-15(20-2)14(9-13)10-17/h5-6,9,19H,3-4,7-8,11-12H2,1-2H3. The van der Waals surface area contributed by atoms with E-state index in [1.54, 1.807) is 7.11 Å². The zero-order valence-electron chi connectivity index (χ0n) is 12.2. The zero-order chi connectivity index (χ0) is 14.6. The summed E-state index contributed by atoms with van der Waals surface area (Å²) in [5.74, 6) is 0.605. The second-order valence-electron chi connectivity index (χ2n) is 5.75. The van der Waals surface area contributed by atoms with E-state index < -0.39 is 5.60 Å². The second kappa shape index (κ2) is 6.25. The Labute approximate surface area is 120 Å². The molecule has 1 aromatic rings. The summed E-state index contributed by atoms with van der Waals surface area (Å²) in [6, 6.07) is 7.80. The van der Waals surface area contributed by atoms with Gasteiger partial charge in [-0.05, 0) is 37.6 Å². The Kier molecular flexibility index (Phi) is 4.64. The van der Waals surface area contributed by atoms with Gasteiger partial charge in [0.1, 0.15) is 11.8 Å². The van der Waals surface area contributed by atoms with Gasteiger partial charge in [-0.1, -0.05) is 18.9 Å². The lowest BCUT2D eigenvalue weighted by Gasteiger charge is -2.28. The van der Waals surface area contributed by atoms with Crippen molar-refractivity contribution >= 4 is 0 Å². The Morgan fingerprint density at radius 3 is 2.70 bits per heavy atom. The molecule has 1 aliphatic carbocycles. The van der Waals surface area contributed by atoms with Crippen molar-refractivity contribution in [2.24, 2.45) is 0 Å². The van der Waals surface area contributed by atoms with Crippen LogP contribution < -0.4 is 4.74 Å². The van der Waals surface area contributed by atoms with Gasteiger partial charge in [0.15, 0.2) is 0 Å². The van der Waals surface area contributed by atoms with Crippen LogP contribution in [0.2, 0.25) is 0 Å². The first-order chi connectivity index (χ1) is 9.56. The fourth-order valence-electron chi connectivity index (χ4n) is 3.00. The molecule has 0 unspecified atom stereocenters. The van der Waals surface area contributed by atoms with Gasteiger partial charge in [0.2, 0.25) is 0 Å². The van der Waals surface area contributed by atoms with Crippen molar-refractivity contribution in [3.05, 3.63) is 29.3 Å². The highest BCUT2D eigenvalue weighted by Gasteiger charge is 2.32. The molecule has 1 fully saturated rings. The minimum Gasteiger partial charge on any atom is -0.495 e. The number of methoxy groups -OCH3 is 1. The molecule has 0 radical (unpaired) electrons. The quantitative estimate of drug-likeness (QED) is 0.895. The Hall–Kier alpha value is -1.57. The van der Waals surface area contributed by atoms with E-state index in [0.29, 0.717) is 17.9 Å². The molecular weight excluding hydrogens is 252 g/mol. The van der Waals surface area contributed by atoms with Crippen LogP contribution in [0.3, 0.4) is 0 Å². The summed E-state index contributed by atoms with van der Waals surface area (Å²) in [6.07, 6.45) is 4.02. The molecule has 0 bridgehead atoms. The molecule has 0 amide bonds. The summed E-state index contributed by atoms with van der Waals surface area (Å²) < 4.78 is 5.14. The molecule has 4 nitrogen and oxygen atoms in total. The summed E-state index contributed by atoms with van der Waals surface area (Å²) in [5, 5.41) is 19.5. The molecular formula is C16H22N2O2. The van der Waals surface area contributed by atoms with Gasteiger partial charge in [-0.25, -0.2) is 0 Å². The third kappa shape index (κ3) is 3.50. The summed E-state index contributed by atoms with van der Waals surface area (Å²) in [6.45, 7) is 1.40. The topological polar surface area (TPSA) is 56.5 Å². The molecule has 108 valence electrons. The monoisotopic (exact) mass is 274 g/mol.